The lowest BCUT2D eigenvalue weighted by molar-refractivity contribution is -0.384. The molecule has 0 aliphatic carbocycles. The lowest BCUT2D eigenvalue weighted by Gasteiger charge is -2.02. The van der Waals surface area contributed by atoms with Crippen molar-refractivity contribution in [2.45, 2.75) is 5.33 Å². The average Bonchev–Trinajstić information content (AvgIpc) is 2.39. The molecule has 17 heavy (non-hydrogen) atoms. The maximum atomic E-state index is 10.5. The zero-order valence-electron chi connectivity index (χ0n) is 8.97. The van der Waals surface area contributed by atoms with Crippen molar-refractivity contribution < 1.29 is 4.92 Å². The lowest BCUT2D eigenvalue weighted by atomic mass is 10.0. The van der Waals surface area contributed by atoms with E-state index in [0.29, 0.717) is 0 Å². The Kier molecular flexibility index (Phi) is 3.54. The second-order valence-electron chi connectivity index (χ2n) is 3.63. The molecule has 2 aromatic carbocycles. The summed E-state index contributed by atoms with van der Waals surface area (Å²) in [6.07, 6.45) is 0. The van der Waals surface area contributed by atoms with Crippen LogP contribution in [-0.4, -0.2) is 4.92 Å². The standard InChI is InChI=1S/C13H10BrNO2/c14-9-10-1-3-11(4-2-10)12-5-7-13(8-6-12)15(16)17/h1-8H,9H2. The van der Waals surface area contributed by atoms with Crippen LogP contribution in [0.25, 0.3) is 11.1 Å². The third-order valence-electron chi connectivity index (χ3n) is 2.52. The average molecular weight is 292 g/mol. The highest BCUT2D eigenvalue weighted by Crippen LogP contribution is 2.23. The summed E-state index contributed by atoms with van der Waals surface area (Å²) in [6, 6.07) is 14.7. The van der Waals surface area contributed by atoms with E-state index in [9.17, 15) is 10.1 Å². The maximum Gasteiger partial charge on any atom is 0.269 e. The van der Waals surface area contributed by atoms with Crippen LogP contribution < -0.4 is 0 Å². The van der Waals surface area contributed by atoms with Gasteiger partial charge >= 0.3 is 0 Å². The van der Waals surface area contributed by atoms with E-state index in [1.54, 1.807) is 12.1 Å². The van der Waals surface area contributed by atoms with E-state index in [1.807, 2.05) is 24.3 Å². The topological polar surface area (TPSA) is 43.1 Å². The number of nitro benzene ring substituents is 1. The van der Waals surface area contributed by atoms with Crippen molar-refractivity contribution in [2.75, 3.05) is 0 Å². The predicted molar refractivity (Wildman–Crippen MR) is 71.2 cm³/mol. The van der Waals surface area contributed by atoms with Crippen molar-refractivity contribution in [3.8, 4) is 11.1 Å². The van der Waals surface area contributed by atoms with E-state index >= 15 is 0 Å². The van der Waals surface area contributed by atoms with Crippen molar-refractivity contribution in [3.63, 3.8) is 0 Å². The smallest absolute Gasteiger partial charge is 0.258 e. The van der Waals surface area contributed by atoms with E-state index in [2.05, 4.69) is 15.9 Å². The molecular weight excluding hydrogens is 282 g/mol. The van der Waals surface area contributed by atoms with Crippen LogP contribution in [0, 0.1) is 10.1 Å². The number of rotatable bonds is 3. The summed E-state index contributed by atoms with van der Waals surface area (Å²) in [7, 11) is 0. The molecule has 0 radical (unpaired) electrons. The number of hydrogen-bond donors (Lipinski definition) is 0. The van der Waals surface area contributed by atoms with Gasteiger partial charge in [-0.1, -0.05) is 40.2 Å². The normalized spacial score (nSPS) is 10.2. The Hall–Kier alpha value is -1.68. The molecular formula is C13H10BrNO2. The minimum absolute atomic E-state index is 0.117. The fourth-order valence-corrected chi connectivity index (χ4v) is 1.94. The molecule has 0 bridgehead atoms. The van der Waals surface area contributed by atoms with Gasteiger partial charge in [0.05, 0.1) is 4.92 Å². The molecule has 0 spiro atoms. The summed E-state index contributed by atoms with van der Waals surface area (Å²) in [6.45, 7) is 0. The van der Waals surface area contributed by atoms with Crippen molar-refractivity contribution in [3.05, 3.63) is 64.2 Å². The molecule has 0 saturated heterocycles. The molecule has 0 aliphatic rings. The summed E-state index contributed by atoms with van der Waals surface area (Å²) in [5.41, 5.74) is 3.36. The predicted octanol–water partition coefficient (Wildman–Crippen LogP) is 4.16. The Labute approximate surface area is 107 Å². The van der Waals surface area contributed by atoms with Crippen molar-refractivity contribution >= 4 is 21.6 Å². The zero-order chi connectivity index (χ0) is 12.3. The Morgan fingerprint density at radius 1 is 0.941 bits per heavy atom. The van der Waals surface area contributed by atoms with Gasteiger partial charge in [-0.25, -0.2) is 0 Å². The van der Waals surface area contributed by atoms with E-state index in [1.165, 1.54) is 17.7 Å². The Balaban J connectivity index is 2.29. The highest BCUT2D eigenvalue weighted by molar-refractivity contribution is 9.08. The first kappa shape index (κ1) is 11.8. The number of nitrogens with zero attached hydrogens (tertiary/aromatic N) is 1. The van der Waals surface area contributed by atoms with Gasteiger partial charge in [0.25, 0.3) is 5.69 Å². The Morgan fingerprint density at radius 3 is 1.82 bits per heavy atom. The molecule has 0 unspecified atom stereocenters. The highest BCUT2D eigenvalue weighted by atomic mass is 79.9. The molecule has 0 heterocycles. The van der Waals surface area contributed by atoms with E-state index < -0.39 is 4.92 Å². The fraction of sp³-hybridized carbons (Fsp3) is 0.0769. The number of nitro groups is 1. The molecule has 86 valence electrons. The van der Waals surface area contributed by atoms with Crippen LogP contribution in [0.2, 0.25) is 0 Å². The molecule has 0 atom stereocenters. The van der Waals surface area contributed by atoms with Gasteiger partial charge in [-0.2, -0.15) is 0 Å². The summed E-state index contributed by atoms with van der Waals surface area (Å²) in [5.74, 6) is 0. The van der Waals surface area contributed by atoms with Gasteiger partial charge in [0.2, 0.25) is 0 Å². The van der Waals surface area contributed by atoms with Gasteiger partial charge in [-0.05, 0) is 28.8 Å². The van der Waals surface area contributed by atoms with Crippen LogP contribution in [-0.2, 0) is 5.33 Å². The van der Waals surface area contributed by atoms with E-state index in [-0.39, 0.29) is 5.69 Å². The van der Waals surface area contributed by atoms with Gasteiger partial charge in [0, 0.05) is 17.5 Å². The summed E-state index contributed by atoms with van der Waals surface area (Å²) in [4.78, 5) is 10.1. The Bertz CT molecular complexity index is 520. The first-order valence-electron chi connectivity index (χ1n) is 5.10. The largest absolute Gasteiger partial charge is 0.269 e. The molecule has 0 aromatic heterocycles. The second kappa shape index (κ2) is 5.10. The van der Waals surface area contributed by atoms with Crippen LogP contribution >= 0.6 is 15.9 Å². The van der Waals surface area contributed by atoms with Crippen LogP contribution in [0.3, 0.4) is 0 Å². The SMILES string of the molecule is O=[N+]([O-])c1ccc(-c2ccc(CBr)cc2)cc1. The number of hydrogen-bond acceptors (Lipinski definition) is 2. The summed E-state index contributed by atoms with van der Waals surface area (Å²) >= 11 is 3.39. The third-order valence-corrected chi connectivity index (χ3v) is 3.17. The zero-order valence-corrected chi connectivity index (χ0v) is 10.6. The molecule has 4 heteroatoms. The molecule has 2 aromatic rings. The van der Waals surface area contributed by atoms with Gasteiger partial charge in [-0.15, -0.1) is 0 Å². The first-order valence-corrected chi connectivity index (χ1v) is 6.22. The summed E-state index contributed by atoms with van der Waals surface area (Å²) < 4.78 is 0. The van der Waals surface area contributed by atoms with Gasteiger partial charge in [0.15, 0.2) is 0 Å². The Morgan fingerprint density at radius 2 is 1.41 bits per heavy atom. The lowest BCUT2D eigenvalue weighted by Crippen LogP contribution is -1.87. The number of halogens is 1. The minimum Gasteiger partial charge on any atom is -0.258 e. The molecule has 0 N–H and O–H groups in total. The van der Waals surface area contributed by atoms with Gasteiger partial charge < -0.3 is 0 Å². The number of non-ortho nitro benzene ring substituents is 1. The monoisotopic (exact) mass is 291 g/mol. The van der Waals surface area contributed by atoms with Crippen LogP contribution in [0.1, 0.15) is 5.56 Å². The van der Waals surface area contributed by atoms with Crippen LogP contribution in [0.15, 0.2) is 48.5 Å². The second-order valence-corrected chi connectivity index (χ2v) is 4.20. The summed E-state index contributed by atoms with van der Waals surface area (Å²) in [5, 5.41) is 11.4. The highest BCUT2D eigenvalue weighted by Gasteiger charge is 2.04. The maximum absolute atomic E-state index is 10.5. The number of benzene rings is 2. The minimum atomic E-state index is -0.391. The molecule has 2 rings (SSSR count). The van der Waals surface area contributed by atoms with Crippen LogP contribution in [0.4, 0.5) is 5.69 Å². The third kappa shape index (κ3) is 2.71. The molecule has 0 amide bonds. The van der Waals surface area contributed by atoms with E-state index in [4.69, 9.17) is 0 Å². The molecule has 0 fully saturated rings. The van der Waals surface area contributed by atoms with Crippen LogP contribution in [0.5, 0.6) is 0 Å². The molecule has 3 nitrogen and oxygen atoms in total. The van der Waals surface area contributed by atoms with Crippen molar-refractivity contribution in [1.29, 1.82) is 0 Å². The molecule has 0 saturated carbocycles. The molecule has 0 aliphatic heterocycles. The van der Waals surface area contributed by atoms with Crippen molar-refractivity contribution in [2.24, 2.45) is 0 Å². The quantitative estimate of drug-likeness (QED) is 0.484. The number of alkyl halides is 1. The van der Waals surface area contributed by atoms with Gasteiger partial charge in [0.1, 0.15) is 0 Å². The first-order chi connectivity index (χ1) is 8.20. The van der Waals surface area contributed by atoms with Crippen molar-refractivity contribution in [1.82, 2.24) is 0 Å². The van der Waals surface area contributed by atoms with Gasteiger partial charge in [-0.3, -0.25) is 10.1 Å². The van der Waals surface area contributed by atoms with E-state index in [0.717, 1.165) is 16.5 Å². The fourth-order valence-electron chi connectivity index (χ4n) is 1.56.